The van der Waals surface area contributed by atoms with Gasteiger partial charge in [-0.1, -0.05) is 0 Å². The molecule has 0 spiro atoms. The molecule has 0 bridgehead atoms. The molecule has 0 atom stereocenters. The molecule has 2 rings (SSSR count). The van der Waals surface area contributed by atoms with Crippen LogP contribution >= 0.6 is 0 Å². The van der Waals surface area contributed by atoms with E-state index in [1.165, 1.54) is 6.08 Å². The number of nitrogens with zero attached hydrogens (tertiary/aromatic N) is 1. The molecule has 1 saturated heterocycles. The molecule has 6 nitrogen and oxygen atoms in total. The lowest BCUT2D eigenvalue weighted by Crippen LogP contribution is -2.29. The van der Waals surface area contributed by atoms with E-state index in [0.29, 0.717) is 36.8 Å². The highest BCUT2D eigenvalue weighted by Crippen LogP contribution is 2.14. The number of rotatable bonds is 6. The number of hydrogen-bond donors (Lipinski definition) is 1. The topological polar surface area (TPSA) is 67.9 Å². The van der Waals surface area contributed by atoms with Crippen molar-refractivity contribution in [2.45, 2.75) is 6.92 Å². The van der Waals surface area contributed by atoms with Gasteiger partial charge in [-0.2, -0.15) is 0 Å². The molecule has 118 valence electrons. The number of benzene rings is 1. The van der Waals surface area contributed by atoms with E-state index in [-0.39, 0.29) is 18.3 Å². The molecule has 1 aromatic carbocycles. The summed E-state index contributed by atoms with van der Waals surface area (Å²) < 4.78 is 10.0. The first kappa shape index (κ1) is 15.9. The Bertz CT molecular complexity index is 566. The van der Waals surface area contributed by atoms with E-state index in [1.807, 2.05) is 0 Å². The lowest BCUT2D eigenvalue weighted by Gasteiger charge is -2.17. The molecule has 1 aliphatic heterocycles. The van der Waals surface area contributed by atoms with Gasteiger partial charge in [0.15, 0.2) is 5.78 Å². The van der Waals surface area contributed by atoms with Crippen LogP contribution in [0.1, 0.15) is 17.3 Å². The first-order valence-electron chi connectivity index (χ1n) is 7.18. The Labute approximate surface area is 129 Å². The van der Waals surface area contributed by atoms with Gasteiger partial charge in [0.1, 0.15) is 18.1 Å². The molecule has 0 aromatic heterocycles. The molecule has 1 heterocycles. The fraction of sp³-hybridized carbons (Fsp3) is 0.375. The fourth-order valence-electron chi connectivity index (χ4n) is 2.18. The van der Waals surface area contributed by atoms with Crippen molar-refractivity contribution in [3.05, 3.63) is 41.7 Å². The van der Waals surface area contributed by atoms with E-state index in [4.69, 9.17) is 9.47 Å². The summed E-state index contributed by atoms with van der Waals surface area (Å²) in [6.45, 7) is 3.62. The monoisotopic (exact) mass is 304 g/mol. The molecular weight excluding hydrogens is 284 g/mol. The number of ether oxygens (including phenoxy) is 2. The van der Waals surface area contributed by atoms with Crippen LogP contribution in [0, 0.1) is 0 Å². The third kappa shape index (κ3) is 4.00. The van der Waals surface area contributed by atoms with Gasteiger partial charge < -0.3 is 19.7 Å². The highest BCUT2D eigenvalue weighted by atomic mass is 16.5. The first-order valence-corrected chi connectivity index (χ1v) is 7.18. The Morgan fingerprint density at radius 1 is 1.32 bits per heavy atom. The van der Waals surface area contributed by atoms with Crippen molar-refractivity contribution in [2.24, 2.45) is 0 Å². The number of ketones is 1. The van der Waals surface area contributed by atoms with Crippen LogP contribution in [0.15, 0.2) is 36.2 Å². The van der Waals surface area contributed by atoms with Crippen molar-refractivity contribution >= 4 is 11.8 Å². The number of esters is 1. The number of nitrogens with one attached hydrogen (secondary N) is 1. The summed E-state index contributed by atoms with van der Waals surface area (Å²) in [5, 5.41) is 3.11. The van der Waals surface area contributed by atoms with Crippen LogP contribution in [-0.2, 0) is 9.53 Å². The van der Waals surface area contributed by atoms with E-state index in [2.05, 4.69) is 5.32 Å². The normalized spacial score (nSPS) is 15.5. The maximum Gasteiger partial charge on any atom is 0.325 e. The van der Waals surface area contributed by atoms with Crippen molar-refractivity contribution in [1.82, 2.24) is 10.2 Å². The molecule has 1 fully saturated rings. The largest absolute Gasteiger partial charge is 0.497 e. The van der Waals surface area contributed by atoms with Gasteiger partial charge in [0, 0.05) is 24.7 Å². The van der Waals surface area contributed by atoms with Gasteiger partial charge in [0.25, 0.3) is 0 Å². The summed E-state index contributed by atoms with van der Waals surface area (Å²) in [6, 6.07) is 6.90. The van der Waals surface area contributed by atoms with Gasteiger partial charge in [0.2, 0.25) is 0 Å². The molecular formula is C16H20N2O4. The number of methoxy groups -OCH3 is 1. The molecule has 1 aromatic rings. The molecule has 0 unspecified atom stereocenters. The van der Waals surface area contributed by atoms with Crippen LogP contribution in [-0.4, -0.2) is 50.0 Å². The van der Waals surface area contributed by atoms with Gasteiger partial charge in [-0.3, -0.25) is 9.59 Å². The highest BCUT2D eigenvalue weighted by Gasteiger charge is 2.20. The van der Waals surface area contributed by atoms with Crippen LogP contribution in [0.3, 0.4) is 0 Å². The Hall–Kier alpha value is -2.50. The summed E-state index contributed by atoms with van der Waals surface area (Å²) in [4.78, 5) is 25.6. The number of allylic oxidation sites excluding steroid dienone is 1. The standard InChI is InChI=1S/C16H20N2O4/c1-3-22-16(20)11-18-9-8-17-15(18)10-14(19)12-4-6-13(21-2)7-5-12/h4-7,10,17H,3,8-9,11H2,1-2H3/b15-10+. The predicted molar refractivity (Wildman–Crippen MR) is 81.6 cm³/mol. The zero-order valence-electron chi connectivity index (χ0n) is 12.8. The number of carbonyl (C=O) groups excluding carboxylic acids is 2. The summed E-state index contributed by atoms with van der Waals surface area (Å²) >= 11 is 0. The molecule has 1 aliphatic rings. The summed E-state index contributed by atoms with van der Waals surface area (Å²) in [5.41, 5.74) is 0.568. The number of hydrogen-bond acceptors (Lipinski definition) is 6. The second-order valence-electron chi connectivity index (χ2n) is 4.78. The molecule has 0 amide bonds. The minimum Gasteiger partial charge on any atom is -0.497 e. The number of carbonyl (C=O) groups is 2. The van der Waals surface area contributed by atoms with Crippen molar-refractivity contribution in [2.75, 3.05) is 33.4 Å². The second-order valence-corrected chi connectivity index (χ2v) is 4.78. The Morgan fingerprint density at radius 2 is 2.05 bits per heavy atom. The van der Waals surface area contributed by atoms with E-state index < -0.39 is 0 Å². The van der Waals surface area contributed by atoms with Crippen LogP contribution in [0.4, 0.5) is 0 Å². The van der Waals surface area contributed by atoms with E-state index in [0.717, 1.165) is 0 Å². The molecule has 1 N–H and O–H groups in total. The zero-order chi connectivity index (χ0) is 15.9. The van der Waals surface area contributed by atoms with Gasteiger partial charge >= 0.3 is 5.97 Å². The average molecular weight is 304 g/mol. The van der Waals surface area contributed by atoms with Gasteiger partial charge in [-0.25, -0.2) is 0 Å². The molecule has 0 saturated carbocycles. The second kappa shape index (κ2) is 7.49. The van der Waals surface area contributed by atoms with Crippen LogP contribution in [0.25, 0.3) is 0 Å². The average Bonchev–Trinajstić information content (AvgIpc) is 2.94. The van der Waals surface area contributed by atoms with E-state index in [1.54, 1.807) is 43.2 Å². The van der Waals surface area contributed by atoms with E-state index >= 15 is 0 Å². The van der Waals surface area contributed by atoms with Crippen LogP contribution < -0.4 is 10.1 Å². The lowest BCUT2D eigenvalue weighted by atomic mass is 10.1. The van der Waals surface area contributed by atoms with Crippen molar-refractivity contribution in [1.29, 1.82) is 0 Å². The summed E-state index contributed by atoms with van der Waals surface area (Å²) in [6.07, 6.45) is 1.51. The Morgan fingerprint density at radius 3 is 2.68 bits per heavy atom. The SMILES string of the molecule is CCOC(=O)CN1CCN/C1=C\C(=O)c1ccc(OC)cc1. The summed E-state index contributed by atoms with van der Waals surface area (Å²) in [5.74, 6) is 0.927. The Balaban J connectivity index is 2.05. The Kier molecular flexibility index (Phi) is 5.41. The molecule has 22 heavy (non-hydrogen) atoms. The minimum atomic E-state index is -0.297. The third-order valence-corrected chi connectivity index (χ3v) is 3.30. The minimum absolute atomic E-state index is 0.124. The highest BCUT2D eigenvalue weighted by molar-refractivity contribution is 6.04. The van der Waals surface area contributed by atoms with Crippen molar-refractivity contribution < 1.29 is 19.1 Å². The first-order chi connectivity index (χ1) is 10.6. The lowest BCUT2D eigenvalue weighted by molar-refractivity contribution is -0.143. The fourth-order valence-corrected chi connectivity index (χ4v) is 2.18. The van der Waals surface area contributed by atoms with Crippen molar-refractivity contribution in [3.63, 3.8) is 0 Å². The smallest absolute Gasteiger partial charge is 0.325 e. The molecule has 0 aliphatic carbocycles. The summed E-state index contributed by atoms with van der Waals surface area (Å²) in [7, 11) is 1.58. The quantitative estimate of drug-likeness (QED) is 0.484. The predicted octanol–water partition coefficient (Wildman–Crippen LogP) is 1.19. The van der Waals surface area contributed by atoms with Gasteiger partial charge in [0.05, 0.1) is 13.7 Å². The van der Waals surface area contributed by atoms with Gasteiger partial charge in [-0.05, 0) is 31.2 Å². The third-order valence-electron chi connectivity index (χ3n) is 3.30. The molecule has 6 heteroatoms. The van der Waals surface area contributed by atoms with E-state index in [9.17, 15) is 9.59 Å². The van der Waals surface area contributed by atoms with Gasteiger partial charge in [-0.15, -0.1) is 0 Å². The maximum atomic E-state index is 12.3. The maximum absolute atomic E-state index is 12.3. The van der Waals surface area contributed by atoms with Crippen LogP contribution in [0.2, 0.25) is 0 Å². The molecule has 0 radical (unpaired) electrons. The zero-order valence-corrected chi connectivity index (χ0v) is 12.8. The van der Waals surface area contributed by atoms with Crippen LogP contribution in [0.5, 0.6) is 5.75 Å². The van der Waals surface area contributed by atoms with Crippen molar-refractivity contribution in [3.8, 4) is 5.75 Å².